The van der Waals surface area contributed by atoms with Crippen molar-refractivity contribution in [2.45, 2.75) is 58.3 Å². The van der Waals surface area contributed by atoms with E-state index in [4.69, 9.17) is 10.8 Å². The molecule has 0 aromatic heterocycles. The lowest BCUT2D eigenvalue weighted by atomic mass is 10.0. The third-order valence-electron chi connectivity index (χ3n) is 3.35. The molecule has 0 aromatic rings. The molecule has 0 aliphatic rings. The minimum Gasteiger partial charge on any atom is -0.480 e. The number of aliphatic carboxylic acids is 1. The predicted octanol–water partition coefficient (Wildman–Crippen LogP) is -1.13. The van der Waals surface area contributed by atoms with Gasteiger partial charge < -0.3 is 26.8 Å². The van der Waals surface area contributed by atoms with Gasteiger partial charge in [0.2, 0.25) is 17.7 Å². The van der Waals surface area contributed by atoms with E-state index < -0.39 is 47.9 Å². The van der Waals surface area contributed by atoms with Crippen molar-refractivity contribution in [2.75, 3.05) is 5.75 Å². The van der Waals surface area contributed by atoms with Gasteiger partial charge in [-0.15, -0.1) is 0 Å². The lowest BCUT2D eigenvalue weighted by Gasteiger charge is -2.24. The number of hydrogen-bond acceptors (Lipinski definition) is 6. The average molecular weight is 376 g/mol. The average Bonchev–Trinajstić information content (AvgIpc) is 2.52. The molecule has 4 atom stereocenters. The van der Waals surface area contributed by atoms with E-state index in [0.717, 1.165) is 0 Å². The Bertz CT molecular complexity index is 500. The molecule has 0 aromatic carbocycles. The Morgan fingerprint density at radius 3 is 1.88 bits per heavy atom. The Morgan fingerprint density at radius 1 is 0.920 bits per heavy atom. The maximum Gasteiger partial charge on any atom is 0.325 e. The monoisotopic (exact) mass is 376 g/mol. The molecule has 0 aliphatic carbocycles. The number of rotatable bonds is 10. The van der Waals surface area contributed by atoms with Crippen molar-refractivity contribution in [2.24, 2.45) is 11.7 Å². The van der Waals surface area contributed by atoms with Crippen LogP contribution in [0.5, 0.6) is 0 Å². The minimum absolute atomic E-state index is 0.111. The third-order valence-corrected chi connectivity index (χ3v) is 3.75. The lowest BCUT2D eigenvalue weighted by molar-refractivity contribution is -0.141. The quantitative estimate of drug-likeness (QED) is 0.266. The van der Waals surface area contributed by atoms with Crippen LogP contribution in [0.4, 0.5) is 0 Å². The lowest BCUT2D eigenvalue weighted by Crippen LogP contribution is -2.56. The highest BCUT2D eigenvalue weighted by molar-refractivity contribution is 7.80. The van der Waals surface area contributed by atoms with E-state index >= 15 is 0 Å². The topological polar surface area (TPSA) is 151 Å². The van der Waals surface area contributed by atoms with Gasteiger partial charge in [-0.1, -0.05) is 13.8 Å². The summed E-state index contributed by atoms with van der Waals surface area (Å²) in [5.74, 6) is -2.62. The van der Waals surface area contributed by atoms with Crippen LogP contribution in [0, 0.1) is 5.92 Å². The molecule has 0 heterocycles. The largest absolute Gasteiger partial charge is 0.480 e. The van der Waals surface area contributed by atoms with Gasteiger partial charge in [0.1, 0.15) is 18.1 Å². The Kier molecular flexibility index (Phi) is 10.1. The summed E-state index contributed by atoms with van der Waals surface area (Å²) in [6, 6.07) is -3.74. The predicted molar refractivity (Wildman–Crippen MR) is 96.1 cm³/mol. The molecule has 0 rings (SSSR count). The maximum absolute atomic E-state index is 12.4. The molecule has 144 valence electrons. The summed E-state index contributed by atoms with van der Waals surface area (Å²) in [6.45, 7) is 6.51. The summed E-state index contributed by atoms with van der Waals surface area (Å²) in [5.41, 5.74) is 5.59. The maximum atomic E-state index is 12.4. The highest BCUT2D eigenvalue weighted by Crippen LogP contribution is 2.06. The summed E-state index contributed by atoms with van der Waals surface area (Å²) in [5, 5.41) is 16.1. The smallest absolute Gasteiger partial charge is 0.325 e. The molecule has 0 bridgehead atoms. The van der Waals surface area contributed by atoms with E-state index in [1.165, 1.54) is 13.8 Å². The van der Waals surface area contributed by atoms with Crippen LogP contribution >= 0.6 is 12.6 Å². The fourth-order valence-electron chi connectivity index (χ4n) is 1.84. The minimum atomic E-state index is -1.18. The second kappa shape index (κ2) is 10.9. The van der Waals surface area contributed by atoms with Crippen LogP contribution in [0.2, 0.25) is 0 Å². The molecule has 0 saturated carbocycles. The van der Waals surface area contributed by atoms with Crippen LogP contribution in [0.15, 0.2) is 0 Å². The summed E-state index contributed by atoms with van der Waals surface area (Å²) >= 11 is 3.94. The van der Waals surface area contributed by atoms with Crippen LogP contribution in [0.3, 0.4) is 0 Å². The van der Waals surface area contributed by atoms with Gasteiger partial charge in [-0.05, 0) is 26.2 Å². The number of carboxylic acid groups (broad SMARTS) is 1. The molecular weight excluding hydrogens is 348 g/mol. The van der Waals surface area contributed by atoms with Gasteiger partial charge in [-0.3, -0.25) is 19.2 Å². The van der Waals surface area contributed by atoms with Gasteiger partial charge in [0.05, 0.1) is 6.04 Å². The zero-order valence-electron chi connectivity index (χ0n) is 14.9. The molecule has 0 saturated heterocycles. The number of thiol groups is 1. The first-order valence-electron chi connectivity index (χ1n) is 7.99. The van der Waals surface area contributed by atoms with Crippen LogP contribution in [-0.2, 0) is 19.2 Å². The SMILES string of the molecule is CC(C)CC(NC(=O)C(N)CS)C(=O)NC(C)C(=O)NC(C)C(=O)O. The normalized spacial score (nSPS) is 15.6. The Labute approximate surface area is 152 Å². The van der Waals surface area contributed by atoms with Gasteiger partial charge in [-0.25, -0.2) is 0 Å². The molecule has 9 nitrogen and oxygen atoms in total. The number of nitrogens with two attached hydrogens (primary N) is 1. The van der Waals surface area contributed by atoms with Crippen LogP contribution in [-0.4, -0.2) is 58.7 Å². The second-order valence-corrected chi connectivity index (χ2v) is 6.64. The third kappa shape index (κ3) is 8.73. The van der Waals surface area contributed by atoms with E-state index in [9.17, 15) is 19.2 Å². The molecule has 3 amide bonds. The Balaban J connectivity index is 4.87. The standard InChI is InChI=1S/C15H28N4O5S/c1-7(2)5-11(19-13(21)10(16)6-25)14(22)17-8(3)12(20)18-9(4)15(23)24/h7-11,25H,5-6,16H2,1-4H3,(H,17,22)(H,18,20)(H,19,21)(H,23,24). The zero-order valence-corrected chi connectivity index (χ0v) is 15.8. The first kappa shape index (κ1) is 23.2. The molecule has 0 spiro atoms. The molecular formula is C15H28N4O5S. The first-order valence-corrected chi connectivity index (χ1v) is 8.63. The summed E-state index contributed by atoms with van der Waals surface area (Å²) < 4.78 is 0. The van der Waals surface area contributed by atoms with E-state index in [-0.39, 0.29) is 11.7 Å². The molecule has 0 radical (unpaired) electrons. The van der Waals surface area contributed by atoms with Crippen molar-refractivity contribution in [3.8, 4) is 0 Å². The fraction of sp³-hybridized carbons (Fsp3) is 0.733. The number of carboxylic acids is 1. The van der Waals surface area contributed by atoms with Gasteiger partial charge >= 0.3 is 5.97 Å². The molecule has 25 heavy (non-hydrogen) atoms. The first-order chi connectivity index (χ1) is 11.5. The van der Waals surface area contributed by atoms with Crippen molar-refractivity contribution < 1.29 is 24.3 Å². The highest BCUT2D eigenvalue weighted by Gasteiger charge is 2.27. The number of hydrogen-bond donors (Lipinski definition) is 6. The van der Waals surface area contributed by atoms with E-state index in [0.29, 0.717) is 6.42 Å². The Hall–Kier alpha value is -1.81. The number of nitrogens with one attached hydrogen (secondary N) is 3. The zero-order chi connectivity index (χ0) is 19.7. The van der Waals surface area contributed by atoms with Crippen molar-refractivity contribution >= 4 is 36.3 Å². The molecule has 0 aliphatic heterocycles. The molecule has 4 unspecified atom stereocenters. The van der Waals surface area contributed by atoms with Crippen molar-refractivity contribution in [3.63, 3.8) is 0 Å². The fourth-order valence-corrected chi connectivity index (χ4v) is 2.01. The Morgan fingerprint density at radius 2 is 1.44 bits per heavy atom. The van der Waals surface area contributed by atoms with Crippen molar-refractivity contribution in [1.82, 2.24) is 16.0 Å². The van der Waals surface area contributed by atoms with Crippen LogP contribution in [0.25, 0.3) is 0 Å². The summed E-state index contributed by atoms with van der Waals surface area (Å²) in [4.78, 5) is 46.9. The number of carbonyl (C=O) groups is 4. The van der Waals surface area contributed by atoms with E-state index in [1.807, 2.05) is 13.8 Å². The number of amides is 3. The van der Waals surface area contributed by atoms with E-state index in [2.05, 4.69) is 28.6 Å². The van der Waals surface area contributed by atoms with E-state index in [1.54, 1.807) is 0 Å². The summed E-state index contributed by atoms with van der Waals surface area (Å²) in [7, 11) is 0. The van der Waals surface area contributed by atoms with Crippen LogP contribution in [0.1, 0.15) is 34.1 Å². The van der Waals surface area contributed by atoms with Crippen LogP contribution < -0.4 is 21.7 Å². The van der Waals surface area contributed by atoms with Gasteiger partial charge in [0.15, 0.2) is 0 Å². The number of carbonyl (C=O) groups excluding carboxylic acids is 3. The second-order valence-electron chi connectivity index (χ2n) is 6.28. The summed E-state index contributed by atoms with van der Waals surface area (Å²) in [6.07, 6.45) is 0.358. The highest BCUT2D eigenvalue weighted by atomic mass is 32.1. The molecule has 10 heteroatoms. The molecule has 0 fully saturated rings. The molecule has 6 N–H and O–H groups in total. The van der Waals surface area contributed by atoms with Gasteiger partial charge in [-0.2, -0.15) is 12.6 Å². The van der Waals surface area contributed by atoms with Gasteiger partial charge in [0, 0.05) is 5.75 Å². The van der Waals surface area contributed by atoms with Crippen molar-refractivity contribution in [1.29, 1.82) is 0 Å². The van der Waals surface area contributed by atoms with Gasteiger partial charge in [0.25, 0.3) is 0 Å². The van der Waals surface area contributed by atoms with Crippen molar-refractivity contribution in [3.05, 3.63) is 0 Å².